The summed E-state index contributed by atoms with van der Waals surface area (Å²) in [6.45, 7) is 2.79. The molecule has 0 aromatic heterocycles. The van der Waals surface area contributed by atoms with Crippen molar-refractivity contribution >= 4 is 23.5 Å². The van der Waals surface area contributed by atoms with Gasteiger partial charge in [0.1, 0.15) is 5.75 Å². The van der Waals surface area contributed by atoms with Gasteiger partial charge in [-0.25, -0.2) is 4.79 Å². The molecule has 0 spiro atoms. The number of methoxy groups -OCH3 is 1. The van der Waals surface area contributed by atoms with E-state index in [9.17, 15) is 14.4 Å². The minimum absolute atomic E-state index is 0.244. The largest absolute Gasteiger partial charge is 0.497 e. The van der Waals surface area contributed by atoms with Crippen molar-refractivity contribution in [2.75, 3.05) is 19.0 Å². The van der Waals surface area contributed by atoms with Crippen molar-refractivity contribution in [1.29, 1.82) is 0 Å². The first-order chi connectivity index (χ1) is 12.9. The number of esters is 1. The van der Waals surface area contributed by atoms with E-state index in [1.54, 1.807) is 25.3 Å². The zero-order chi connectivity index (χ0) is 19.8. The van der Waals surface area contributed by atoms with Gasteiger partial charge < -0.3 is 20.1 Å². The summed E-state index contributed by atoms with van der Waals surface area (Å²) in [5.74, 6) is -0.617. The monoisotopic (exact) mass is 370 g/mol. The fraction of sp³-hybridized carbons (Fsp3) is 0.250. The molecule has 0 aliphatic rings. The molecule has 2 amide bonds. The molecule has 2 aromatic rings. The molecule has 1 unspecified atom stereocenters. The van der Waals surface area contributed by atoms with E-state index in [4.69, 9.17) is 9.47 Å². The standard InChI is InChI=1S/C20H22N2O5/c1-13(15-6-5-9-18(11-15)26-3)21-19(24)12-27-20(25)16-7-4-8-17(10-16)22-14(2)23/h4-11,13H,12H2,1-3H3,(H,21,24)(H,22,23). The van der Waals surface area contributed by atoms with Gasteiger partial charge >= 0.3 is 5.97 Å². The topological polar surface area (TPSA) is 93.7 Å². The SMILES string of the molecule is COc1cccc(C(C)NC(=O)COC(=O)c2cccc(NC(C)=O)c2)c1. The number of carbonyl (C=O) groups excluding carboxylic acids is 3. The van der Waals surface area contributed by atoms with Crippen molar-refractivity contribution in [2.24, 2.45) is 0 Å². The number of amides is 2. The predicted molar refractivity (Wildman–Crippen MR) is 101 cm³/mol. The first-order valence-corrected chi connectivity index (χ1v) is 8.37. The van der Waals surface area contributed by atoms with E-state index in [1.165, 1.54) is 13.0 Å². The lowest BCUT2D eigenvalue weighted by molar-refractivity contribution is -0.124. The van der Waals surface area contributed by atoms with Gasteiger partial charge in [-0.15, -0.1) is 0 Å². The smallest absolute Gasteiger partial charge is 0.338 e. The van der Waals surface area contributed by atoms with E-state index in [-0.39, 0.29) is 17.5 Å². The summed E-state index contributed by atoms with van der Waals surface area (Å²) in [7, 11) is 1.57. The Labute approximate surface area is 157 Å². The first-order valence-electron chi connectivity index (χ1n) is 8.37. The van der Waals surface area contributed by atoms with Gasteiger partial charge in [-0.2, -0.15) is 0 Å². The van der Waals surface area contributed by atoms with Crippen LogP contribution < -0.4 is 15.4 Å². The van der Waals surface area contributed by atoms with Crippen molar-refractivity contribution in [3.63, 3.8) is 0 Å². The van der Waals surface area contributed by atoms with Gasteiger partial charge in [0.05, 0.1) is 18.7 Å². The van der Waals surface area contributed by atoms with Crippen LogP contribution in [-0.2, 0) is 14.3 Å². The van der Waals surface area contributed by atoms with Crippen LogP contribution >= 0.6 is 0 Å². The van der Waals surface area contributed by atoms with Crippen LogP contribution in [0.4, 0.5) is 5.69 Å². The third-order valence-corrected chi connectivity index (χ3v) is 3.72. The highest BCUT2D eigenvalue weighted by Gasteiger charge is 2.14. The molecule has 0 aliphatic heterocycles. The fourth-order valence-corrected chi connectivity index (χ4v) is 2.42. The second-order valence-corrected chi connectivity index (χ2v) is 5.90. The van der Waals surface area contributed by atoms with Crippen LogP contribution in [0.15, 0.2) is 48.5 Å². The highest BCUT2D eigenvalue weighted by atomic mass is 16.5. The molecule has 27 heavy (non-hydrogen) atoms. The molecule has 2 rings (SSSR count). The molecule has 7 heteroatoms. The molecule has 2 aromatic carbocycles. The van der Waals surface area contributed by atoms with Crippen molar-refractivity contribution in [2.45, 2.75) is 19.9 Å². The van der Waals surface area contributed by atoms with Gasteiger partial charge in [0.2, 0.25) is 5.91 Å². The van der Waals surface area contributed by atoms with Gasteiger partial charge in [-0.05, 0) is 42.8 Å². The summed E-state index contributed by atoms with van der Waals surface area (Å²) < 4.78 is 10.2. The Morgan fingerprint density at radius 3 is 2.52 bits per heavy atom. The average molecular weight is 370 g/mol. The minimum Gasteiger partial charge on any atom is -0.497 e. The number of benzene rings is 2. The second-order valence-electron chi connectivity index (χ2n) is 5.90. The van der Waals surface area contributed by atoms with Gasteiger partial charge in [-0.1, -0.05) is 18.2 Å². The fourth-order valence-electron chi connectivity index (χ4n) is 2.42. The maximum atomic E-state index is 12.1. The van der Waals surface area contributed by atoms with Crippen LogP contribution in [0, 0.1) is 0 Å². The highest BCUT2D eigenvalue weighted by molar-refractivity contribution is 5.94. The second kappa shape index (κ2) is 9.38. The van der Waals surface area contributed by atoms with Gasteiger partial charge in [0.15, 0.2) is 6.61 Å². The predicted octanol–water partition coefficient (Wildman–Crippen LogP) is 2.69. The summed E-state index contributed by atoms with van der Waals surface area (Å²) >= 11 is 0. The van der Waals surface area contributed by atoms with Crippen LogP contribution in [0.3, 0.4) is 0 Å². The lowest BCUT2D eigenvalue weighted by Gasteiger charge is -2.15. The lowest BCUT2D eigenvalue weighted by atomic mass is 10.1. The highest BCUT2D eigenvalue weighted by Crippen LogP contribution is 2.18. The van der Waals surface area contributed by atoms with Gasteiger partial charge in [-0.3, -0.25) is 9.59 Å². The maximum Gasteiger partial charge on any atom is 0.338 e. The van der Waals surface area contributed by atoms with Crippen LogP contribution in [0.1, 0.15) is 35.8 Å². The van der Waals surface area contributed by atoms with E-state index < -0.39 is 18.5 Å². The molecule has 7 nitrogen and oxygen atoms in total. The van der Waals surface area contributed by atoms with Gasteiger partial charge in [0.25, 0.3) is 5.91 Å². The van der Waals surface area contributed by atoms with Crippen molar-refractivity contribution in [1.82, 2.24) is 5.32 Å². The molecule has 142 valence electrons. The summed E-state index contributed by atoms with van der Waals surface area (Å²) in [5.41, 5.74) is 1.60. The first kappa shape index (κ1) is 20.0. The summed E-state index contributed by atoms with van der Waals surface area (Å²) in [5, 5.41) is 5.35. The zero-order valence-electron chi connectivity index (χ0n) is 15.4. The summed E-state index contributed by atoms with van der Waals surface area (Å²) in [6.07, 6.45) is 0. The number of rotatable bonds is 7. The number of carbonyl (C=O) groups is 3. The molecular weight excluding hydrogens is 348 g/mol. The van der Waals surface area contributed by atoms with E-state index in [0.717, 1.165) is 5.56 Å². The van der Waals surface area contributed by atoms with E-state index in [0.29, 0.717) is 11.4 Å². The van der Waals surface area contributed by atoms with Crippen molar-refractivity contribution in [3.05, 3.63) is 59.7 Å². The van der Waals surface area contributed by atoms with E-state index >= 15 is 0 Å². The summed E-state index contributed by atoms with van der Waals surface area (Å²) in [6, 6.07) is 13.4. The maximum absolute atomic E-state index is 12.1. The molecule has 0 radical (unpaired) electrons. The quantitative estimate of drug-likeness (QED) is 0.731. The Bertz CT molecular complexity index is 835. The number of hydrogen-bond donors (Lipinski definition) is 2. The van der Waals surface area contributed by atoms with E-state index in [2.05, 4.69) is 10.6 Å². The molecule has 0 bridgehead atoms. The molecule has 0 fully saturated rings. The van der Waals surface area contributed by atoms with Crippen molar-refractivity contribution < 1.29 is 23.9 Å². The minimum atomic E-state index is -0.647. The molecule has 0 saturated heterocycles. The van der Waals surface area contributed by atoms with Crippen LogP contribution in [0.5, 0.6) is 5.75 Å². The third kappa shape index (κ3) is 6.14. The number of hydrogen-bond acceptors (Lipinski definition) is 5. The Morgan fingerprint density at radius 2 is 1.81 bits per heavy atom. The average Bonchev–Trinajstić information content (AvgIpc) is 2.65. The number of ether oxygens (including phenoxy) is 2. The normalized spacial score (nSPS) is 11.2. The molecule has 0 aliphatic carbocycles. The molecule has 0 saturated carbocycles. The van der Waals surface area contributed by atoms with Crippen LogP contribution in [-0.4, -0.2) is 31.5 Å². The molecule has 1 atom stereocenters. The van der Waals surface area contributed by atoms with Gasteiger partial charge in [0, 0.05) is 12.6 Å². The third-order valence-electron chi connectivity index (χ3n) is 3.72. The number of anilines is 1. The molecular formula is C20H22N2O5. The number of nitrogens with one attached hydrogen (secondary N) is 2. The zero-order valence-corrected chi connectivity index (χ0v) is 15.4. The Balaban J connectivity index is 1.89. The lowest BCUT2D eigenvalue weighted by Crippen LogP contribution is -2.31. The summed E-state index contributed by atoms with van der Waals surface area (Å²) in [4.78, 5) is 35.2. The Hall–Kier alpha value is -3.35. The van der Waals surface area contributed by atoms with Crippen LogP contribution in [0.25, 0.3) is 0 Å². The molecule has 0 heterocycles. The Morgan fingerprint density at radius 1 is 1.07 bits per heavy atom. The van der Waals surface area contributed by atoms with Crippen LogP contribution in [0.2, 0.25) is 0 Å². The van der Waals surface area contributed by atoms with E-state index in [1.807, 2.05) is 31.2 Å². The van der Waals surface area contributed by atoms with Crippen molar-refractivity contribution in [3.8, 4) is 5.75 Å². The Kier molecular flexibility index (Phi) is 6.93. The molecule has 2 N–H and O–H groups in total.